The minimum atomic E-state index is 0.426. The number of nitrogens with one attached hydrogen (secondary N) is 2. The van der Waals surface area contributed by atoms with E-state index in [2.05, 4.69) is 43.9 Å². The molecule has 1 aliphatic heterocycles. The Kier molecular flexibility index (Phi) is 6.86. The predicted octanol–water partition coefficient (Wildman–Crippen LogP) is 2.33. The number of guanidine groups is 1. The van der Waals surface area contributed by atoms with Crippen LogP contribution in [-0.2, 0) is 6.54 Å². The predicted molar refractivity (Wildman–Crippen MR) is 114 cm³/mol. The van der Waals surface area contributed by atoms with Gasteiger partial charge in [-0.1, -0.05) is 6.07 Å². The average Bonchev–Trinajstić information content (AvgIpc) is 3.17. The standard InChI is InChI=1S/C19H29N7S/c1-4-20-18(22-13-16-14-27-19(24-16)25(2)3)23-15-8-11-26(12-9-15)17-7-5-6-10-21-17/h5-7,10,14-15H,4,8-9,11-13H2,1-3H3,(H2,20,22,23). The van der Waals surface area contributed by atoms with Crippen molar-refractivity contribution in [3.8, 4) is 0 Å². The number of aromatic nitrogens is 2. The van der Waals surface area contributed by atoms with Crippen LogP contribution in [0.3, 0.4) is 0 Å². The highest BCUT2D eigenvalue weighted by molar-refractivity contribution is 7.13. The molecule has 3 heterocycles. The summed E-state index contributed by atoms with van der Waals surface area (Å²) in [7, 11) is 4.02. The number of nitrogens with zero attached hydrogens (tertiary/aromatic N) is 5. The Balaban J connectivity index is 1.53. The molecular weight excluding hydrogens is 358 g/mol. The Labute approximate surface area is 165 Å². The van der Waals surface area contributed by atoms with Crippen molar-refractivity contribution in [1.29, 1.82) is 0 Å². The molecule has 1 aliphatic rings. The number of rotatable bonds is 6. The molecule has 7 nitrogen and oxygen atoms in total. The molecule has 1 fully saturated rings. The zero-order valence-corrected chi connectivity index (χ0v) is 17.2. The summed E-state index contributed by atoms with van der Waals surface area (Å²) in [5.41, 5.74) is 1.01. The van der Waals surface area contributed by atoms with E-state index in [1.807, 2.05) is 37.3 Å². The van der Waals surface area contributed by atoms with Gasteiger partial charge in [-0.25, -0.2) is 15.0 Å². The molecule has 0 atom stereocenters. The quantitative estimate of drug-likeness (QED) is 0.586. The largest absolute Gasteiger partial charge is 0.357 e. The first-order valence-corrected chi connectivity index (χ1v) is 10.4. The average molecular weight is 388 g/mol. The van der Waals surface area contributed by atoms with Gasteiger partial charge in [-0.3, -0.25) is 0 Å². The molecule has 0 bridgehead atoms. The Bertz CT molecular complexity index is 721. The number of pyridine rings is 1. The van der Waals surface area contributed by atoms with Gasteiger partial charge < -0.3 is 20.4 Å². The molecule has 27 heavy (non-hydrogen) atoms. The molecule has 3 rings (SSSR count). The van der Waals surface area contributed by atoms with Crippen LogP contribution < -0.4 is 20.4 Å². The first-order chi connectivity index (χ1) is 13.2. The second-order valence-electron chi connectivity index (χ2n) is 6.80. The van der Waals surface area contributed by atoms with Crippen LogP contribution in [0.25, 0.3) is 0 Å². The fourth-order valence-corrected chi connectivity index (χ4v) is 3.79. The van der Waals surface area contributed by atoms with Crippen LogP contribution in [0, 0.1) is 0 Å². The smallest absolute Gasteiger partial charge is 0.191 e. The lowest BCUT2D eigenvalue weighted by molar-refractivity contribution is 0.459. The van der Waals surface area contributed by atoms with Crippen LogP contribution >= 0.6 is 11.3 Å². The monoisotopic (exact) mass is 387 g/mol. The lowest BCUT2D eigenvalue weighted by Crippen LogP contribution is -2.48. The summed E-state index contributed by atoms with van der Waals surface area (Å²) in [5.74, 6) is 1.94. The van der Waals surface area contributed by atoms with E-state index in [1.54, 1.807) is 11.3 Å². The minimum Gasteiger partial charge on any atom is -0.357 e. The van der Waals surface area contributed by atoms with Crippen molar-refractivity contribution < 1.29 is 0 Å². The van der Waals surface area contributed by atoms with Crippen LogP contribution in [0.4, 0.5) is 10.9 Å². The van der Waals surface area contributed by atoms with Gasteiger partial charge in [-0.2, -0.15) is 0 Å². The summed E-state index contributed by atoms with van der Waals surface area (Å²) in [6.45, 7) is 5.54. The number of hydrogen-bond acceptors (Lipinski definition) is 6. The molecule has 0 aromatic carbocycles. The third-order valence-electron chi connectivity index (χ3n) is 4.47. The maximum Gasteiger partial charge on any atom is 0.191 e. The number of piperidine rings is 1. The molecule has 2 N–H and O–H groups in total. The van der Waals surface area contributed by atoms with Crippen molar-refractivity contribution in [2.24, 2.45) is 4.99 Å². The SMILES string of the molecule is CCNC(=NCc1csc(N(C)C)n1)NC1CCN(c2ccccn2)CC1. The zero-order chi connectivity index (χ0) is 19.1. The van der Waals surface area contributed by atoms with Gasteiger partial charge in [0.25, 0.3) is 0 Å². The maximum atomic E-state index is 4.72. The molecule has 0 radical (unpaired) electrons. The molecule has 8 heteroatoms. The molecule has 0 saturated carbocycles. The Morgan fingerprint density at radius 2 is 2.15 bits per heavy atom. The molecule has 0 unspecified atom stereocenters. The Hall–Kier alpha value is -2.35. The van der Waals surface area contributed by atoms with Crippen LogP contribution in [0.1, 0.15) is 25.5 Å². The van der Waals surface area contributed by atoms with Crippen molar-refractivity contribution in [3.05, 3.63) is 35.5 Å². The first-order valence-electron chi connectivity index (χ1n) is 9.48. The second kappa shape index (κ2) is 9.55. The third-order valence-corrected chi connectivity index (χ3v) is 5.53. The third kappa shape index (κ3) is 5.56. The fraction of sp³-hybridized carbons (Fsp3) is 0.526. The van der Waals surface area contributed by atoms with Gasteiger partial charge in [0.1, 0.15) is 5.82 Å². The van der Waals surface area contributed by atoms with Crippen molar-refractivity contribution >= 4 is 28.2 Å². The van der Waals surface area contributed by atoms with E-state index in [9.17, 15) is 0 Å². The van der Waals surface area contributed by atoms with Gasteiger partial charge in [-0.15, -0.1) is 11.3 Å². The summed E-state index contributed by atoms with van der Waals surface area (Å²) >= 11 is 1.65. The van der Waals surface area contributed by atoms with Gasteiger partial charge in [0.2, 0.25) is 0 Å². The first kappa shape index (κ1) is 19.4. The van der Waals surface area contributed by atoms with E-state index in [4.69, 9.17) is 4.99 Å². The highest BCUT2D eigenvalue weighted by Gasteiger charge is 2.20. The maximum absolute atomic E-state index is 4.72. The summed E-state index contributed by atoms with van der Waals surface area (Å²) in [4.78, 5) is 18.1. The number of hydrogen-bond donors (Lipinski definition) is 2. The molecule has 0 amide bonds. The highest BCUT2D eigenvalue weighted by atomic mass is 32.1. The molecular formula is C19H29N7S. The Morgan fingerprint density at radius 1 is 1.33 bits per heavy atom. The summed E-state index contributed by atoms with van der Waals surface area (Å²) in [5, 5.41) is 10.0. The van der Waals surface area contributed by atoms with E-state index >= 15 is 0 Å². The second-order valence-corrected chi connectivity index (χ2v) is 7.64. The lowest BCUT2D eigenvalue weighted by atomic mass is 10.1. The van der Waals surface area contributed by atoms with Crippen molar-refractivity contribution in [1.82, 2.24) is 20.6 Å². The summed E-state index contributed by atoms with van der Waals surface area (Å²) in [6, 6.07) is 6.51. The minimum absolute atomic E-state index is 0.426. The molecule has 146 valence electrons. The molecule has 1 saturated heterocycles. The van der Waals surface area contributed by atoms with E-state index in [0.717, 1.165) is 55.1 Å². The molecule has 0 aliphatic carbocycles. The lowest BCUT2D eigenvalue weighted by Gasteiger charge is -2.33. The van der Waals surface area contributed by atoms with Crippen LogP contribution in [0.15, 0.2) is 34.8 Å². The molecule has 2 aromatic heterocycles. The van der Waals surface area contributed by atoms with Crippen molar-refractivity contribution in [3.63, 3.8) is 0 Å². The van der Waals surface area contributed by atoms with Crippen molar-refractivity contribution in [2.75, 3.05) is 43.5 Å². The number of anilines is 2. The van der Waals surface area contributed by atoms with Gasteiger partial charge in [0.15, 0.2) is 11.1 Å². The molecule has 2 aromatic rings. The van der Waals surface area contributed by atoms with E-state index in [0.29, 0.717) is 12.6 Å². The fourth-order valence-electron chi connectivity index (χ4n) is 3.04. The van der Waals surface area contributed by atoms with Gasteiger partial charge in [0.05, 0.1) is 12.2 Å². The van der Waals surface area contributed by atoms with Crippen LogP contribution in [0.5, 0.6) is 0 Å². The Morgan fingerprint density at radius 3 is 2.78 bits per heavy atom. The number of aliphatic imine (C=N–C) groups is 1. The normalized spacial score (nSPS) is 15.7. The topological polar surface area (TPSA) is 68.7 Å². The van der Waals surface area contributed by atoms with E-state index < -0.39 is 0 Å². The van der Waals surface area contributed by atoms with Crippen LogP contribution in [-0.4, -0.2) is 55.7 Å². The van der Waals surface area contributed by atoms with Crippen LogP contribution in [0.2, 0.25) is 0 Å². The molecule has 0 spiro atoms. The summed E-state index contributed by atoms with van der Waals surface area (Å²) < 4.78 is 0. The van der Waals surface area contributed by atoms with E-state index in [1.165, 1.54) is 0 Å². The summed E-state index contributed by atoms with van der Waals surface area (Å²) in [6.07, 6.45) is 4.00. The van der Waals surface area contributed by atoms with Gasteiger partial charge >= 0.3 is 0 Å². The van der Waals surface area contributed by atoms with Gasteiger partial charge in [-0.05, 0) is 31.9 Å². The van der Waals surface area contributed by atoms with E-state index in [-0.39, 0.29) is 0 Å². The highest BCUT2D eigenvalue weighted by Crippen LogP contribution is 2.19. The van der Waals surface area contributed by atoms with Gasteiger partial charge in [0, 0.05) is 51.3 Å². The zero-order valence-electron chi connectivity index (χ0n) is 16.4. The van der Waals surface area contributed by atoms with Crippen molar-refractivity contribution in [2.45, 2.75) is 32.4 Å². The number of thiazole rings is 1.